The van der Waals surface area contributed by atoms with Gasteiger partial charge in [-0.25, -0.2) is 19.0 Å². The van der Waals surface area contributed by atoms with Crippen molar-refractivity contribution in [2.75, 3.05) is 6.54 Å². The van der Waals surface area contributed by atoms with Gasteiger partial charge in [0.05, 0.1) is 32.5 Å². The Hall–Kier alpha value is -3.17. The Morgan fingerprint density at radius 1 is 1.08 bits per heavy atom. The summed E-state index contributed by atoms with van der Waals surface area (Å²) in [4.78, 5) is 32.3. The maximum absolute atomic E-state index is 15.4. The molecule has 7 nitrogen and oxygen atoms in total. The number of amides is 1. The van der Waals surface area contributed by atoms with Gasteiger partial charge >= 0.3 is 12.1 Å². The molecule has 1 unspecified atom stereocenters. The van der Waals surface area contributed by atoms with Crippen LogP contribution in [0.4, 0.5) is 9.18 Å². The molecule has 0 bridgehead atoms. The van der Waals surface area contributed by atoms with Gasteiger partial charge in [0, 0.05) is 18.3 Å². The molecule has 1 amide bonds. The number of carbonyl (C=O) groups is 2. The summed E-state index contributed by atoms with van der Waals surface area (Å²) in [5.74, 6) is -0.903. The van der Waals surface area contributed by atoms with Crippen LogP contribution in [-0.2, 0) is 9.47 Å². The summed E-state index contributed by atoms with van der Waals surface area (Å²) in [7, 11) is 0. The van der Waals surface area contributed by atoms with E-state index in [1.165, 1.54) is 17.4 Å². The molecule has 10 heteroatoms. The number of esters is 1. The van der Waals surface area contributed by atoms with Gasteiger partial charge in [0.15, 0.2) is 4.96 Å². The SMILES string of the molecule is CC(C)(C)OC(=O)c1cc2sc3nc(-c4ccc(C5CCCN5C(=O)OC(C)(C)C)cc4F)cn3c2cc1Cl. The molecule has 3 heterocycles. The molecule has 0 N–H and O–H groups in total. The zero-order valence-corrected chi connectivity index (χ0v) is 24.4. The molecular weight excluding hydrogens is 541 g/mol. The van der Waals surface area contributed by atoms with Crippen LogP contribution in [0.25, 0.3) is 26.4 Å². The number of carbonyl (C=O) groups excluding carboxylic acids is 2. The van der Waals surface area contributed by atoms with Crippen LogP contribution in [0, 0.1) is 5.82 Å². The van der Waals surface area contributed by atoms with E-state index >= 15 is 4.39 Å². The molecule has 1 saturated heterocycles. The second kappa shape index (κ2) is 9.78. The quantitative estimate of drug-likeness (QED) is 0.233. The van der Waals surface area contributed by atoms with Gasteiger partial charge in [0.25, 0.3) is 0 Å². The first-order chi connectivity index (χ1) is 18.2. The lowest BCUT2D eigenvalue weighted by atomic mass is 10.0. The Morgan fingerprint density at radius 2 is 1.79 bits per heavy atom. The highest BCUT2D eigenvalue weighted by molar-refractivity contribution is 7.23. The number of thiazole rings is 1. The van der Waals surface area contributed by atoms with Gasteiger partial charge in [0.2, 0.25) is 0 Å². The fourth-order valence-corrected chi connectivity index (χ4v) is 6.00. The number of halogens is 2. The van der Waals surface area contributed by atoms with Crippen LogP contribution in [0.2, 0.25) is 5.02 Å². The number of aromatic nitrogens is 2. The lowest BCUT2D eigenvalue weighted by Crippen LogP contribution is -2.36. The lowest BCUT2D eigenvalue weighted by molar-refractivity contribution is 0.00690. The number of fused-ring (bicyclic) bond motifs is 3. The van der Waals surface area contributed by atoms with Crippen LogP contribution in [0.3, 0.4) is 0 Å². The van der Waals surface area contributed by atoms with Gasteiger partial charge in [-0.1, -0.05) is 29.0 Å². The summed E-state index contributed by atoms with van der Waals surface area (Å²) < 4.78 is 29.1. The Kier molecular flexibility index (Phi) is 6.87. The third-order valence-corrected chi connectivity index (χ3v) is 7.67. The van der Waals surface area contributed by atoms with Crippen molar-refractivity contribution in [2.45, 2.75) is 71.6 Å². The van der Waals surface area contributed by atoms with Crippen molar-refractivity contribution in [2.24, 2.45) is 0 Å². The van der Waals surface area contributed by atoms with Gasteiger partial charge in [-0.2, -0.15) is 0 Å². The Morgan fingerprint density at radius 3 is 2.46 bits per heavy atom. The van der Waals surface area contributed by atoms with Gasteiger partial charge in [0.1, 0.15) is 17.0 Å². The predicted octanol–water partition coefficient (Wildman–Crippen LogP) is 8.04. The maximum Gasteiger partial charge on any atom is 0.410 e. The van der Waals surface area contributed by atoms with Crippen molar-refractivity contribution >= 4 is 50.2 Å². The third-order valence-electron chi connectivity index (χ3n) is 6.34. The first-order valence-corrected chi connectivity index (χ1v) is 14.0. The molecule has 1 fully saturated rings. The van der Waals surface area contributed by atoms with Gasteiger partial charge in [-0.15, -0.1) is 0 Å². The minimum Gasteiger partial charge on any atom is -0.456 e. The molecule has 4 aromatic rings. The Balaban J connectivity index is 1.43. The van der Waals surface area contributed by atoms with Crippen LogP contribution in [-0.4, -0.2) is 44.1 Å². The van der Waals surface area contributed by atoms with Crippen molar-refractivity contribution in [1.29, 1.82) is 0 Å². The fourth-order valence-electron chi connectivity index (χ4n) is 4.74. The van der Waals surface area contributed by atoms with E-state index in [9.17, 15) is 9.59 Å². The van der Waals surface area contributed by atoms with Crippen LogP contribution < -0.4 is 0 Å². The van der Waals surface area contributed by atoms with Gasteiger partial charge in [-0.3, -0.25) is 4.40 Å². The van der Waals surface area contributed by atoms with E-state index in [2.05, 4.69) is 4.98 Å². The number of hydrogen-bond acceptors (Lipinski definition) is 6. The molecule has 1 atom stereocenters. The molecular formula is C29H31ClFN3O4S. The molecule has 5 rings (SSSR count). The summed E-state index contributed by atoms with van der Waals surface area (Å²) in [6, 6.07) is 8.21. The lowest BCUT2D eigenvalue weighted by Gasteiger charge is -2.29. The minimum absolute atomic E-state index is 0.237. The topological polar surface area (TPSA) is 73.1 Å². The van der Waals surface area contributed by atoms with Crippen molar-refractivity contribution < 1.29 is 23.5 Å². The third kappa shape index (κ3) is 5.61. The van der Waals surface area contributed by atoms with E-state index in [0.29, 0.717) is 22.8 Å². The maximum atomic E-state index is 15.4. The van der Waals surface area contributed by atoms with E-state index < -0.39 is 23.0 Å². The summed E-state index contributed by atoms with van der Waals surface area (Å²) in [6.45, 7) is 11.5. The highest BCUT2D eigenvalue weighted by Gasteiger charge is 2.33. The highest BCUT2D eigenvalue weighted by atomic mass is 35.5. The van der Waals surface area contributed by atoms with Crippen molar-refractivity contribution in [1.82, 2.24) is 14.3 Å². The average Bonchev–Trinajstić information content (AvgIpc) is 3.51. The first-order valence-electron chi connectivity index (χ1n) is 12.8. The zero-order chi connectivity index (χ0) is 28.3. The smallest absolute Gasteiger partial charge is 0.410 e. The molecule has 2 aromatic carbocycles. The van der Waals surface area contributed by atoms with E-state index in [1.54, 1.807) is 50.1 Å². The highest BCUT2D eigenvalue weighted by Crippen LogP contribution is 2.37. The molecule has 1 aliphatic heterocycles. The van der Waals surface area contributed by atoms with Gasteiger partial charge in [-0.05, 0) is 84.2 Å². The van der Waals surface area contributed by atoms with Crippen LogP contribution >= 0.6 is 22.9 Å². The Labute approximate surface area is 235 Å². The Bertz CT molecular complexity index is 1600. The number of ether oxygens (including phenoxy) is 2. The van der Waals surface area contributed by atoms with E-state index in [0.717, 1.165) is 28.6 Å². The standard InChI is InChI=1S/C29H31ClFN3O4S/c1-28(2,3)37-25(35)18-13-24-23(14-19(18)30)34-15-21(32-26(34)39-24)17-10-9-16(12-20(17)31)22-8-7-11-33(22)27(36)38-29(4,5)6/h9-10,12-15,22H,7-8,11H2,1-6H3. The largest absolute Gasteiger partial charge is 0.456 e. The number of benzene rings is 2. The molecule has 2 aromatic heterocycles. The molecule has 0 saturated carbocycles. The van der Waals surface area contributed by atoms with Crippen LogP contribution in [0.5, 0.6) is 0 Å². The number of hydrogen-bond donors (Lipinski definition) is 0. The predicted molar refractivity (Wildman–Crippen MR) is 151 cm³/mol. The molecule has 1 aliphatic rings. The van der Waals surface area contributed by atoms with E-state index in [-0.39, 0.29) is 22.7 Å². The van der Waals surface area contributed by atoms with Crippen LogP contribution in [0.1, 0.15) is 76.3 Å². The molecule has 39 heavy (non-hydrogen) atoms. The van der Waals surface area contributed by atoms with Crippen molar-refractivity contribution in [3.8, 4) is 11.3 Å². The number of imidazole rings is 1. The fraction of sp³-hybridized carbons (Fsp3) is 0.414. The van der Waals surface area contributed by atoms with E-state index in [1.807, 2.05) is 31.2 Å². The summed E-state index contributed by atoms with van der Waals surface area (Å²) in [5.41, 5.74) is 1.39. The molecule has 206 valence electrons. The number of likely N-dealkylation sites (tertiary alicyclic amines) is 1. The number of nitrogens with zero attached hydrogens (tertiary/aromatic N) is 3. The molecule has 0 spiro atoms. The second-order valence-corrected chi connectivity index (χ2v) is 13.2. The minimum atomic E-state index is -0.639. The van der Waals surface area contributed by atoms with E-state index in [4.69, 9.17) is 21.1 Å². The van der Waals surface area contributed by atoms with Gasteiger partial charge < -0.3 is 14.4 Å². The molecule has 0 radical (unpaired) electrons. The summed E-state index contributed by atoms with van der Waals surface area (Å²) >= 11 is 7.83. The van der Waals surface area contributed by atoms with Crippen molar-refractivity contribution in [3.63, 3.8) is 0 Å². The molecule has 0 aliphatic carbocycles. The summed E-state index contributed by atoms with van der Waals surface area (Å²) in [6.07, 6.45) is 2.95. The van der Waals surface area contributed by atoms with Crippen molar-refractivity contribution in [3.05, 3.63) is 58.5 Å². The van der Waals surface area contributed by atoms with Crippen LogP contribution in [0.15, 0.2) is 36.5 Å². The zero-order valence-electron chi connectivity index (χ0n) is 22.8. The normalized spacial score (nSPS) is 16.3. The summed E-state index contributed by atoms with van der Waals surface area (Å²) in [5, 5.41) is 0.272. The average molecular weight is 572 g/mol. The second-order valence-electron chi connectivity index (χ2n) is 11.8. The monoisotopic (exact) mass is 571 g/mol. The number of rotatable bonds is 3. The first kappa shape index (κ1) is 27.4.